The van der Waals surface area contributed by atoms with Gasteiger partial charge in [0.25, 0.3) is 5.91 Å². The van der Waals surface area contributed by atoms with Gasteiger partial charge in [-0.3, -0.25) is 9.59 Å². The molecule has 3 aromatic rings. The number of urea groups is 1. The number of H-pyrrole nitrogens is 1. The molecule has 0 saturated carbocycles. The topological polar surface area (TPSA) is 94.3 Å². The molecule has 176 valence electrons. The number of anilines is 1. The number of aryl methyl sites for hydroxylation is 1. The van der Waals surface area contributed by atoms with E-state index in [4.69, 9.17) is 0 Å². The lowest BCUT2D eigenvalue weighted by Crippen LogP contribution is -2.34. The Morgan fingerprint density at radius 1 is 1.12 bits per heavy atom. The molecule has 4 amide bonds. The fraction of sp³-hybridized carbons (Fsp3) is 0.370. The molecular formula is C27H30N4O3. The molecule has 3 N–H and O–H groups in total. The Kier molecular flexibility index (Phi) is 5.86. The van der Waals surface area contributed by atoms with E-state index in [0.29, 0.717) is 11.6 Å². The molecule has 1 saturated heterocycles. The Morgan fingerprint density at radius 2 is 1.88 bits per heavy atom. The first kappa shape index (κ1) is 22.2. The highest BCUT2D eigenvalue weighted by atomic mass is 16.2. The minimum Gasteiger partial charge on any atom is -0.356 e. The quantitative estimate of drug-likeness (QED) is 0.468. The zero-order valence-electron chi connectivity index (χ0n) is 19.6. The van der Waals surface area contributed by atoms with Crippen molar-refractivity contribution in [1.29, 1.82) is 0 Å². The van der Waals surface area contributed by atoms with Crippen LogP contribution in [0.15, 0.2) is 48.5 Å². The van der Waals surface area contributed by atoms with Crippen molar-refractivity contribution in [1.82, 2.24) is 15.6 Å². The van der Waals surface area contributed by atoms with Gasteiger partial charge in [-0.1, -0.05) is 44.2 Å². The van der Waals surface area contributed by atoms with Crippen LogP contribution in [-0.4, -0.2) is 28.9 Å². The second-order valence-electron chi connectivity index (χ2n) is 9.54. The van der Waals surface area contributed by atoms with E-state index in [9.17, 15) is 14.4 Å². The van der Waals surface area contributed by atoms with E-state index >= 15 is 0 Å². The van der Waals surface area contributed by atoms with Crippen LogP contribution in [0.5, 0.6) is 0 Å². The lowest BCUT2D eigenvalue weighted by molar-refractivity contribution is -0.122. The number of para-hydroxylation sites is 1. The molecule has 0 radical (unpaired) electrons. The van der Waals surface area contributed by atoms with Crippen LogP contribution in [0, 0.1) is 0 Å². The summed E-state index contributed by atoms with van der Waals surface area (Å²) in [6, 6.07) is 14.5. The molecule has 2 aliphatic rings. The number of hydrogen-bond acceptors (Lipinski definition) is 3. The number of benzene rings is 2. The lowest BCUT2D eigenvalue weighted by Gasteiger charge is -2.24. The molecule has 7 nitrogen and oxygen atoms in total. The van der Waals surface area contributed by atoms with Gasteiger partial charge in [0, 0.05) is 23.0 Å². The summed E-state index contributed by atoms with van der Waals surface area (Å²) in [5.74, 6) is -0.0584. The first-order valence-electron chi connectivity index (χ1n) is 12.1. The molecule has 0 bridgehead atoms. The number of amides is 4. The van der Waals surface area contributed by atoms with Gasteiger partial charge in [-0.25, -0.2) is 9.69 Å². The standard InChI is InChI=1S/C27H30N4O3/c1-16(2)17-10-12-18(13-11-17)31-26(33)23(30-27(31)34)14-15-24(32)28-22-9-5-7-20-19-6-3-4-8-21(19)29-25(20)22/h3-4,6,8,10-13,16,22-23,29H,5,7,9,14-15H2,1-2H3,(H,28,32)(H,30,34)/t22-,23+/m1/s1. The molecule has 2 aromatic carbocycles. The van der Waals surface area contributed by atoms with Gasteiger partial charge in [0.15, 0.2) is 0 Å². The van der Waals surface area contributed by atoms with Gasteiger partial charge < -0.3 is 15.6 Å². The SMILES string of the molecule is CC(C)c1ccc(N2C(=O)N[C@@H](CCC(=O)N[C@@H]3CCCc4c3[nH]c3ccccc43)C2=O)cc1. The Balaban J connectivity index is 1.21. The van der Waals surface area contributed by atoms with Crippen molar-refractivity contribution in [2.24, 2.45) is 0 Å². The number of carbonyl (C=O) groups is 3. The molecule has 34 heavy (non-hydrogen) atoms. The van der Waals surface area contributed by atoms with E-state index in [2.05, 4.69) is 41.6 Å². The van der Waals surface area contributed by atoms with E-state index in [1.165, 1.54) is 15.8 Å². The summed E-state index contributed by atoms with van der Waals surface area (Å²) in [5.41, 5.74) is 5.15. The first-order valence-corrected chi connectivity index (χ1v) is 12.1. The van der Waals surface area contributed by atoms with Crippen LogP contribution in [0.25, 0.3) is 10.9 Å². The van der Waals surface area contributed by atoms with Crippen molar-refractivity contribution in [3.05, 3.63) is 65.4 Å². The average Bonchev–Trinajstić information content (AvgIpc) is 3.35. The van der Waals surface area contributed by atoms with Crippen molar-refractivity contribution in [2.75, 3.05) is 4.90 Å². The molecule has 7 heteroatoms. The Hall–Kier alpha value is -3.61. The predicted molar refractivity (Wildman–Crippen MR) is 132 cm³/mol. The van der Waals surface area contributed by atoms with Gasteiger partial charge in [-0.15, -0.1) is 0 Å². The third-order valence-electron chi connectivity index (χ3n) is 6.95. The summed E-state index contributed by atoms with van der Waals surface area (Å²) in [5, 5.41) is 7.09. The van der Waals surface area contributed by atoms with Crippen molar-refractivity contribution in [3.63, 3.8) is 0 Å². The van der Waals surface area contributed by atoms with Crippen LogP contribution in [-0.2, 0) is 16.0 Å². The molecule has 2 atom stereocenters. The normalized spacial score (nSPS) is 20.0. The molecule has 5 rings (SSSR count). The molecular weight excluding hydrogens is 428 g/mol. The molecule has 1 fully saturated rings. The molecule has 2 heterocycles. The highest BCUT2D eigenvalue weighted by Crippen LogP contribution is 2.34. The summed E-state index contributed by atoms with van der Waals surface area (Å²) in [6.07, 6.45) is 3.33. The number of aromatic amines is 1. The fourth-order valence-corrected chi connectivity index (χ4v) is 5.08. The number of rotatable bonds is 6. The first-order chi connectivity index (χ1) is 16.4. The van der Waals surface area contributed by atoms with Gasteiger partial charge in [0.05, 0.1) is 11.7 Å². The Morgan fingerprint density at radius 3 is 2.65 bits per heavy atom. The van der Waals surface area contributed by atoms with E-state index < -0.39 is 12.1 Å². The van der Waals surface area contributed by atoms with Crippen molar-refractivity contribution in [2.45, 2.75) is 64.0 Å². The van der Waals surface area contributed by atoms with E-state index in [-0.39, 0.29) is 30.7 Å². The number of hydrogen-bond donors (Lipinski definition) is 3. The summed E-state index contributed by atoms with van der Waals surface area (Å²) >= 11 is 0. The van der Waals surface area contributed by atoms with Crippen LogP contribution in [0.1, 0.15) is 68.3 Å². The summed E-state index contributed by atoms with van der Waals surface area (Å²) < 4.78 is 0. The Labute approximate surface area is 198 Å². The smallest absolute Gasteiger partial charge is 0.329 e. The second-order valence-corrected chi connectivity index (χ2v) is 9.54. The summed E-state index contributed by atoms with van der Waals surface area (Å²) in [4.78, 5) is 42.8. The third kappa shape index (κ3) is 4.06. The van der Waals surface area contributed by atoms with Crippen LogP contribution >= 0.6 is 0 Å². The summed E-state index contributed by atoms with van der Waals surface area (Å²) in [7, 11) is 0. The van der Waals surface area contributed by atoms with Crippen molar-refractivity contribution < 1.29 is 14.4 Å². The maximum absolute atomic E-state index is 12.9. The number of nitrogens with one attached hydrogen (secondary N) is 3. The van der Waals surface area contributed by atoms with Crippen molar-refractivity contribution in [3.8, 4) is 0 Å². The number of carbonyl (C=O) groups excluding carboxylic acids is 3. The zero-order chi connectivity index (χ0) is 23.8. The highest BCUT2D eigenvalue weighted by Gasteiger charge is 2.39. The van der Waals surface area contributed by atoms with Crippen LogP contribution in [0.2, 0.25) is 0 Å². The monoisotopic (exact) mass is 458 g/mol. The molecule has 1 aromatic heterocycles. The number of nitrogens with zero attached hydrogens (tertiary/aromatic N) is 1. The van der Waals surface area contributed by atoms with Gasteiger partial charge in [-0.05, 0) is 60.9 Å². The van der Waals surface area contributed by atoms with Gasteiger partial charge in [-0.2, -0.15) is 0 Å². The number of aromatic nitrogens is 1. The number of imide groups is 1. The van der Waals surface area contributed by atoms with Gasteiger partial charge >= 0.3 is 6.03 Å². The van der Waals surface area contributed by atoms with E-state index in [1.54, 1.807) is 12.1 Å². The maximum Gasteiger partial charge on any atom is 0.329 e. The molecule has 1 aliphatic heterocycles. The maximum atomic E-state index is 12.9. The highest BCUT2D eigenvalue weighted by molar-refractivity contribution is 6.21. The zero-order valence-corrected chi connectivity index (χ0v) is 19.6. The van der Waals surface area contributed by atoms with Crippen LogP contribution in [0.3, 0.4) is 0 Å². The van der Waals surface area contributed by atoms with E-state index in [1.807, 2.05) is 24.3 Å². The number of fused-ring (bicyclic) bond motifs is 3. The minimum atomic E-state index is -0.696. The van der Waals surface area contributed by atoms with Crippen LogP contribution < -0.4 is 15.5 Å². The van der Waals surface area contributed by atoms with Crippen molar-refractivity contribution >= 4 is 34.4 Å². The molecule has 1 aliphatic carbocycles. The predicted octanol–water partition coefficient (Wildman–Crippen LogP) is 4.69. The van der Waals surface area contributed by atoms with E-state index in [0.717, 1.165) is 36.0 Å². The minimum absolute atomic E-state index is 0.0616. The largest absolute Gasteiger partial charge is 0.356 e. The molecule has 0 spiro atoms. The lowest BCUT2D eigenvalue weighted by atomic mass is 9.91. The molecule has 0 unspecified atom stereocenters. The second kappa shape index (κ2) is 8.97. The van der Waals surface area contributed by atoms with Gasteiger partial charge in [0.2, 0.25) is 5.91 Å². The van der Waals surface area contributed by atoms with Crippen LogP contribution in [0.4, 0.5) is 10.5 Å². The summed E-state index contributed by atoms with van der Waals surface area (Å²) in [6.45, 7) is 4.19. The third-order valence-corrected chi connectivity index (χ3v) is 6.95. The van der Waals surface area contributed by atoms with Gasteiger partial charge in [0.1, 0.15) is 6.04 Å². The average molecular weight is 459 g/mol. The Bertz CT molecular complexity index is 1240. The fourth-order valence-electron chi connectivity index (χ4n) is 5.08.